The summed E-state index contributed by atoms with van der Waals surface area (Å²) in [5.74, 6) is 1.57. The molecule has 1 N–H and O–H groups in total. The molecule has 102 valence electrons. The Balaban J connectivity index is 2.02. The second-order valence-electron chi connectivity index (χ2n) is 4.97. The van der Waals surface area contributed by atoms with Gasteiger partial charge in [0.15, 0.2) is 5.82 Å². The van der Waals surface area contributed by atoms with Crippen molar-refractivity contribution in [3.05, 3.63) is 11.7 Å². The van der Waals surface area contributed by atoms with Crippen molar-refractivity contribution >= 4 is 0 Å². The van der Waals surface area contributed by atoms with Crippen molar-refractivity contribution in [2.24, 2.45) is 0 Å². The molecule has 18 heavy (non-hydrogen) atoms. The van der Waals surface area contributed by atoms with Gasteiger partial charge >= 0.3 is 0 Å². The van der Waals surface area contributed by atoms with E-state index < -0.39 is 0 Å². The number of hydrogen-bond acceptors (Lipinski definition) is 5. The van der Waals surface area contributed by atoms with E-state index in [1.54, 1.807) is 7.11 Å². The van der Waals surface area contributed by atoms with E-state index in [4.69, 9.17) is 9.26 Å². The number of ether oxygens (including phenoxy) is 1. The first kappa shape index (κ1) is 13.5. The fraction of sp³-hybridized carbons (Fsp3) is 0.846. The van der Waals surface area contributed by atoms with Gasteiger partial charge < -0.3 is 14.6 Å². The molecule has 0 aromatic carbocycles. The van der Waals surface area contributed by atoms with Gasteiger partial charge in [-0.15, -0.1) is 0 Å². The van der Waals surface area contributed by atoms with E-state index in [2.05, 4.69) is 22.4 Å². The Kier molecular flexibility index (Phi) is 4.72. The molecule has 1 atom stereocenters. The number of rotatable bonds is 7. The molecular formula is C13H23N3O2. The topological polar surface area (TPSA) is 60.2 Å². The van der Waals surface area contributed by atoms with Gasteiger partial charge in [-0.2, -0.15) is 4.98 Å². The summed E-state index contributed by atoms with van der Waals surface area (Å²) >= 11 is 0. The van der Waals surface area contributed by atoms with Crippen molar-refractivity contribution in [2.45, 2.75) is 51.0 Å². The third-order valence-electron chi connectivity index (χ3n) is 3.55. The number of aryl methyl sites for hydroxylation is 1. The number of nitrogens with one attached hydrogen (secondary N) is 1. The molecule has 1 saturated heterocycles. The Morgan fingerprint density at radius 1 is 1.50 bits per heavy atom. The molecule has 1 aliphatic heterocycles. The van der Waals surface area contributed by atoms with Gasteiger partial charge in [-0.25, -0.2) is 0 Å². The lowest BCUT2D eigenvalue weighted by molar-refractivity contribution is 0.194. The molecule has 0 aliphatic carbocycles. The van der Waals surface area contributed by atoms with Crippen LogP contribution in [0.5, 0.6) is 0 Å². The number of methoxy groups -OCH3 is 1. The fourth-order valence-corrected chi connectivity index (χ4v) is 2.66. The van der Waals surface area contributed by atoms with Crippen molar-refractivity contribution in [2.75, 3.05) is 20.3 Å². The Bertz CT molecular complexity index is 359. The van der Waals surface area contributed by atoms with E-state index in [9.17, 15) is 0 Å². The highest BCUT2D eigenvalue weighted by atomic mass is 16.5. The summed E-state index contributed by atoms with van der Waals surface area (Å²) in [6.07, 6.45) is 6.21. The van der Waals surface area contributed by atoms with E-state index in [0.29, 0.717) is 0 Å². The second-order valence-corrected chi connectivity index (χ2v) is 4.97. The number of hydrogen-bond donors (Lipinski definition) is 1. The molecule has 1 aromatic heterocycles. The summed E-state index contributed by atoms with van der Waals surface area (Å²) in [6, 6.07) is 0. The van der Waals surface area contributed by atoms with Gasteiger partial charge in [-0.3, -0.25) is 0 Å². The van der Waals surface area contributed by atoms with Gasteiger partial charge in [0.05, 0.1) is 5.54 Å². The van der Waals surface area contributed by atoms with Crippen molar-refractivity contribution in [1.29, 1.82) is 0 Å². The van der Waals surface area contributed by atoms with E-state index >= 15 is 0 Å². The summed E-state index contributed by atoms with van der Waals surface area (Å²) in [7, 11) is 1.71. The van der Waals surface area contributed by atoms with Crippen molar-refractivity contribution < 1.29 is 9.26 Å². The fourth-order valence-electron chi connectivity index (χ4n) is 2.66. The van der Waals surface area contributed by atoms with Crippen LogP contribution < -0.4 is 5.32 Å². The van der Waals surface area contributed by atoms with E-state index in [1.165, 1.54) is 6.42 Å². The average Bonchev–Trinajstić information content (AvgIpc) is 2.99. The zero-order chi connectivity index (χ0) is 12.8. The van der Waals surface area contributed by atoms with Crippen LogP contribution >= 0.6 is 0 Å². The highest BCUT2D eigenvalue weighted by Gasteiger charge is 2.39. The van der Waals surface area contributed by atoms with E-state index in [-0.39, 0.29) is 5.54 Å². The van der Waals surface area contributed by atoms with Gasteiger partial charge in [-0.05, 0) is 32.2 Å². The predicted octanol–water partition coefficient (Wildman–Crippen LogP) is 2.03. The molecule has 1 aromatic rings. The smallest absolute Gasteiger partial charge is 0.246 e. The maximum atomic E-state index is 5.47. The lowest BCUT2D eigenvalue weighted by atomic mass is 9.92. The molecule has 0 radical (unpaired) electrons. The van der Waals surface area contributed by atoms with Gasteiger partial charge in [0.1, 0.15) is 0 Å². The first-order valence-corrected chi connectivity index (χ1v) is 6.88. The van der Waals surface area contributed by atoms with Gasteiger partial charge in [0.2, 0.25) is 5.89 Å². The maximum Gasteiger partial charge on any atom is 0.246 e. The molecule has 2 rings (SSSR count). The van der Waals surface area contributed by atoms with Crippen LogP contribution in [0.3, 0.4) is 0 Å². The zero-order valence-corrected chi connectivity index (χ0v) is 11.4. The highest BCUT2D eigenvalue weighted by molar-refractivity contribution is 5.06. The third-order valence-corrected chi connectivity index (χ3v) is 3.55. The summed E-state index contributed by atoms with van der Waals surface area (Å²) in [5, 5.41) is 7.63. The maximum absolute atomic E-state index is 5.47. The lowest BCUT2D eigenvalue weighted by Gasteiger charge is -2.24. The predicted molar refractivity (Wildman–Crippen MR) is 68.3 cm³/mol. The average molecular weight is 253 g/mol. The summed E-state index contributed by atoms with van der Waals surface area (Å²) in [5.41, 5.74) is -0.0682. The molecule has 1 aliphatic rings. The largest absolute Gasteiger partial charge is 0.385 e. The first-order valence-electron chi connectivity index (χ1n) is 6.88. The molecule has 0 amide bonds. The van der Waals surface area contributed by atoms with Gasteiger partial charge in [0.25, 0.3) is 0 Å². The Morgan fingerprint density at radius 2 is 2.39 bits per heavy atom. The monoisotopic (exact) mass is 253 g/mol. The van der Waals surface area contributed by atoms with Crippen LogP contribution in [0.1, 0.15) is 50.7 Å². The first-order chi connectivity index (χ1) is 8.80. The Hall–Kier alpha value is -0.940. The van der Waals surface area contributed by atoms with E-state index in [0.717, 1.165) is 57.0 Å². The zero-order valence-electron chi connectivity index (χ0n) is 11.4. The lowest BCUT2D eigenvalue weighted by Crippen LogP contribution is -2.37. The number of aromatic nitrogens is 2. The molecule has 2 heterocycles. The minimum absolute atomic E-state index is 0.0682. The standard InChI is InChI=1S/C13H23N3O2/c1-3-7-13(8-5-9-14-13)12-15-11(16-18-12)6-4-10-17-2/h14H,3-10H2,1-2H3. The minimum Gasteiger partial charge on any atom is -0.385 e. The SMILES string of the molecule is CCCC1(c2nc(CCCOC)no2)CCCN1. The second kappa shape index (κ2) is 6.29. The van der Waals surface area contributed by atoms with Gasteiger partial charge in [-0.1, -0.05) is 18.5 Å². The van der Waals surface area contributed by atoms with Crippen LogP contribution in [0.25, 0.3) is 0 Å². The van der Waals surface area contributed by atoms with Crippen LogP contribution in [0.4, 0.5) is 0 Å². The molecule has 1 unspecified atom stereocenters. The molecule has 5 nitrogen and oxygen atoms in total. The summed E-state index contributed by atoms with van der Waals surface area (Å²) < 4.78 is 10.5. The quantitative estimate of drug-likeness (QED) is 0.753. The molecule has 0 saturated carbocycles. The molecule has 0 bridgehead atoms. The van der Waals surface area contributed by atoms with Gasteiger partial charge in [0, 0.05) is 20.1 Å². The summed E-state index contributed by atoms with van der Waals surface area (Å²) in [4.78, 5) is 4.56. The van der Waals surface area contributed by atoms with E-state index in [1.807, 2.05) is 0 Å². The molecule has 5 heteroatoms. The van der Waals surface area contributed by atoms with Crippen LogP contribution in [0.2, 0.25) is 0 Å². The molecule has 0 spiro atoms. The van der Waals surface area contributed by atoms with Crippen molar-refractivity contribution in [3.63, 3.8) is 0 Å². The highest BCUT2D eigenvalue weighted by Crippen LogP contribution is 2.34. The number of nitrogens with zero attached hydrogens (tertiary/aromatic N) is 2. The third kappa shape index (κ3) is 2.90. The normalized spacial score (nSPS) is 23.7. The summed E-state index contributed by atoms with van der Waals surface area (Å²) in [6.45, 7) is 3.97. The van der Waals surface area contributed by atoms with Crippen LogP contribution in [0, 0.1) is 0 Å². The van der Waals surface area contributed by atoms with Crippen molar-refractivity contribution in [1.82, 2.24) is 15.5 Å². The van der Waals surface area contributed by atoms with Crippen LogP contribution in [-0.2, 0) is 16.7 Å². The molecule has 1 fully saturated rings. The molecular weight excluding hydrogens is 230 g/mol. The van der Waals surface area contributed by atoms with Crippen molar-refractivity contribution in [3.8, 4) is 0 Å². The van der Waals surface area contributed by atoms with Crippen LogP contribution in [0.15, 0.2) is 4.52 Å². The Morgan fingerprint density at radius 3 is 3.06 bits per heavy atom. The minimum atomic E-state index is -0.0682. The van der Waals surface area contributed by atoms with Crippen LogP contribution in [-0.4, -0.2) is 30.4 Å². The Labute approximate surface area is 108 Å².